The molecule has 0 aliphatic rings. The zero-order chi connectivity index (χ0) is 16.4. The van der Waals surface area contributed by atoms with Crippen molar-refractivity contribution in [3.05, 3.63) is 29.8 Å². The number of carbonyl (C=O) groups is 1. The van der Waals surface area contributed by atoms with Crippen molar-refractivity contribution in [3.8, 4) is 5.75 Å². The zero-order valence-corrected chi connectivity index (χ0v) is 15.0. The number of carbonyl (C=O) groups excluding carboxylic acids is 1. The topological polar surface area (TPSA) is 73.6 Å². The molecule has 1 amide bonds. The van der Waals surface area contributed by atoms with Gasteiger partial charge in [-0.1, -0.05) is 32.4 Å². The average molecular weight is 345 g/mol. The standard InChI is InChI=1S/C17H28N2O3.ClH/c1-4-13(2)16(18)17(20)19-10-5-11-22-12-14-6-8-15(21-3)9-7-14;/h6-9,13,16H,4-5,10-12,18H2,1-3H3,(H,19,20);1H. The summed E-state index contributed by atoms with van der Waals surface area (Å²) >= 11 is 0. The maximum absolute atomic E-state index is 11.8. The predicted octanol–water partition coefficient (Wildman–Crippen LogP) is 2.51. The van der Waals surface area contributed by atoms with Crippen LogP contribution < -0.4 is 15.8 Å². The average Bonchev–Trinajstić information content (AvgIpc) is 2.56. The molecular weight excluding hydrogens is 316 g/mol. The van der Waals surface area contributed by atoms with Gasteiger partial charge in [-0.25, -0.2) is 0 Å². The lowest BCUT2D eigenvalue weighted by Gasteiger charge is -2.17. The second kappa shape index (κ2) is 12.2. The third-order valence-corrected chi connectivity index (χ3v) is 3.75. The van der Waals surface area contributed by atoms with Gasteiger partial charge in [-0.2, -0.15) is 0 Å². The molecule has 2 atom stereocenters. The Bertz CT molecular complexity index is 440. The van der Waals surface area contributed by atoms with E-state index in [1.165, 1.54) is 0 Å². The van der Waals surface area contributed by atoms with Gasteiger partial charge in [-0.05, 0) is 30.0 Å². The van der Waals surface area contributed by atoms with Crippen LogP contribution in [0.3, 0.4) is 0 Å². The minimum absolute atomic E-state index is 0. The van der Waals surface area contributed by atoms with Crippen LogP contribution in [0.5, 0.6) is 5.75 Å². The Balaban J connectivity index is 0.00000484. The van der Waals surface area contributed by atoms with Gasteiger partial charge in [0.25, 0.3) is 0 Å². The molecule has 0 aliphatic heterocycles. The van der Waals surface area contributed by atoms with Gasteiger partial charge >= 0.3 is 0 Å². The number of amides is 1. The molecule has 0 bridgehead atoms. The molecule has 6 heteroatoms. The summed E-state index contributed by atoms with van der Waals surface area (Å²) in [6.07, 6.45) is 1.68. The Morgan fingerprint density at radius 3 is 2.52 bits per heavy atom. The van der Waals surface area contributed by atoms with E-state index >= 15 is 0 Å². The molecule has 0 aromatic heterocycles. The van der Waals surface area contributed by atoms with Crippen molar-refractivity contribution in [3.63, 3.8) is 0 Å². The first-order chi connectivity index (χ1) is 10.6. The highest BCUT2D eigenvalue weighted by Crippen LogP contribution is 2.11. The smallest absolute Gasteiger partial charge is 0.237 e. The van der Waals surface area contributed by atoms with Crippen LogP contribution in [0.25, 0.3) is 0 Å². The number of nitrogens with one attached hydrogen (secondary N) is 1. The second-order valence-corrected chi connectivity index (χ2v) is 5.46. The Kier molecular flexibility index (Phi) is 11.5. The number of halogens is 1. The van der Waals surface area contributed by atoms with Crippen LogP contribution >= 0.6 is 12.4 Å². The van der Waals surface area contributed by atoms with E-state index in [4.69, 9.17) is 15.2 Å². The fraction of sp³-hybridized carbons (Fsp3) is 0.588. The van der Waals surface area contributed by atoms with E-state index in [2.05, 4.69) is 5.32 Å². The van der Waals surface area contributed by atoms with Crippen LogP contribution in [0.4, 0.5) is 0 Å². The van der Waals surface area contributed by atoms with Crippen molar-refractivity contribution in [2.45, 2.75) is 39.3 Å². The summed E-state index contributed by atoms with van der Waals surface area (Å²) in [7, 11) is 1.65. The Morgan fingerprint density at radius 2 is 1.96 bits per heavy atom. The molecule has 0 radical (unpaired) electrons. The number of benzene rings is 1. The Labute approximate surface area is 145 Å². The van der Waals surface area contributed by atoms with Crippen LogP contribution in [-0.2, 0) is 16.1 Å². The van der Waals surface area contributed by atoms with Crippen LogP contribution in [0, 0.1) is 5.92 Å². The molecule has 1 aromatic carbocycles. The van der Waals surface area contributed by atoms with Gasteiger partial charge in [0.1, 0.15) is 5.75 Å². The first-order valence-electron chi connectivity index (χ1n) is 7.82. The molecule has 0 fully saturated rings. The van der Waals surface area contributed by atoms with Crippen molar-refractivity contribution < 1.29 is 14.3 Å². The van der Waals surface area contributed by atoms with Gasteiger partial charge in [0.2, 0.25) is 5.91 Å². The van der Waals surface area contributed by atoms with E-state index in [0.29, 0.717) is 19.8 Å². The monoisotopic (exact) mass is 344 g/mol. The summed E-state index contributed by atoms with van der Waals surface area (Å²) in [6, 6.07) is 7.35. The minimum Gasteiger partial charge on any atom is -0.497 e. The largest absolute Gasteiger partial charge is 0.497 e. The van der Waals surface area contributed by atoms with E-state index < -0.39 is 6.04 Å². The third kappa shape index (κ3) is 8.21. The van der Waals surface area contributed by atoms with E-state index in [9.17, 15) is 4.79 Å². The minimum atomic E-state index is -0.426. The molecule has 23 heavy (non-hydrogen) atoms. The van der Waals surface area contributed by atoms with E-state index in [-0.39, 0.29) is 24.2 Å². The predicted molar refractivity (Wildman–Crippen MR) is 95.0 cm³/mol. The van der Waals surface area contributed by atoms with Crippen molar-refractivity contribution >= 4 is 18.3 Å². The van der Waals surface area contributed by atoms with Gasteiger partial charge in [0.15, 0.2) is 0 Å². The highest BCUT2D eigenvalue weighted by Gasteiger charge is 2.18. The van der Waals surface area contributed by atoms with Crippen LogP contribution in [-0.4, -0.2) is 32.2 Å². The summed E-state index contributed by atoms with van der Waals surface area (Å²) in [4.78, 5) is 11.8. The van der Waals surface area contributed by atoms with E-state index in [1.807, 2.05) is 38.1 Å². The number of ether oxygens (including phenoxy) is 2. The summed E-state index contributed by atoms with van der Waals surface area (Å²) in [5.41, 5.74) is 6.96. The first kappa shape index (κ1) is 21.7. The summed E-state index contributed by atoms with van der Waals surface area (Å²) in [5, 5.41) is 2.85. The lowest BCUT2D eigenvalue weighted by Crippen LogP contribution is -2.44. The number of hydrogen-bond donors (Lipinski definition) is 2. The quantitative estimate of drug-likeness (QED) is 0.640. The number of hydrogen-bond acceptors (Lipinski definition) is 4. The highest BCUT2D eigenvalue weighted by molar-refractivity contribution is 5.85. The molecular formula is C17H29ClN2O3. The molecule has 0 saturated carbocycles. The lowest BCUT2D eigenvalue weighted by molar-refractivity contribution is -0.123. The third-order valence-electron chi connectivity index (χ3n) is 3.75. The Hall–Kier alpha value is -1.30. The fourth-order valence-electron chi connectivity index (χ4n) is 1.93. The van der Waals surface area contributed by atoms with Crippen molar-refractivity contribution in [1.29, 1.82) is 0 Å². The zero-order valence-electron chi connectivity index (χ0n) is 14.2. The van der Waals surface area contributed by atoms with Gasteiger partial charge in [-0.15, -0.1) is 12.4 Å². The van der Waals surface area contributed by atoms with Gasteiger partial charge < -0.3 is 20.5 Å². The van der Waals surface area contributed by atoms with Crippen molar-refractivity contribution in [2.24, 2.45) is 11.7 Å². The molecule has 132 valence electrons. The maximum Gasteiger partial charge on any atom is 0.237 e. The number of nitrogens with two attached hydrogens (primary N) is 1. The molecule has 1 rings (SSSR count). The van der Waals surface area contributed by atoms with Crippen LogP contribution in [0.2, 0.25) is 0 Å². The molecule has 5 nitrogen and oxygen atoms in total. The van der Waals surface area contributed by atoms with Gasteiger partial charge in [-0.3, -0.25) is 4.79 Å². The molecule has 0 spiro atoms. The number of rotatable bonds is 10. The van der Waals surface area contributed by atoms with Crippen molar-refractivity contribution in [1.82, 2.24) is 5.32 Å². The fourth-order valence-corrected chi connectivity index (χ4v) is 1.93. The summed E-state index contributed by atoms with van der Waals surface area (Å²) < 4.78 is 10.7. The molecule has 3 N–H and O–H groups in total. The SMILES string of the molecule is CCC(C)C(N)C(=O)NCCCOCc1ccc(OC)cc1.Cl. The normalized spacial score (nSPS) is 12.9. The van der Waals surface area contributed by atoms with E-state index in [1.54, 1.807) is 7.11 Å². The van der Waals surface area contributed by atoms with Crippen LogP contribution in [0.1, 0.15) is 32.3 Å². The van der Waals surface area contributed by atoms with Gasteiger partial charge in [0.05, 0.1) is 19.8 Å². The molecule has 2 unspecified atom stereocenters. The Morgan fingerprint density at radius 1 is 1.30 bits per heavy atom. The highest BCUT2D eigenvalue weighted by atomic mass is 35.5. The van der Waals surface area contributed by atoms with Crippen LogP contribution in [0.15, 0.2) is 24.3 Å². The first-order valence-corrected chi connectivity index (χ1v) is 7.82. The lowest BCUT2D eigenvalue weighted by atomic mass is 9.99. The molecule has 1 aromatic rings. The molecule has 0 saturated heterocycles. The maximum atomic E-state index is 11.8. The van der Waals surface area contributed by atoms with Gasteiger partial charge in [0, 0.05) is 13.2 Å². The number of methoxy groups -OCH3 is 1. The summed E-state index contributed by atoms with van der Waals surface area (Å²) in [6.45, 7) is 5.77. The molecule has 0 aliphatic carbocycles. The molecule has 0 heterocycles. The van der Waals surface area contributed by atoms with E-state index in [0.717, 1.165) is 24.2 Å². The second-order valence-electron chi connectivity index (χ2n) is 5.46. The van der Waals surface area contributed by atoms with Crippen molar-refractivity contribution in [2.75, 3.05) is 20.3 Å². The summed E-state index contributed by atoms with van der Waals surface area (Å²) in [5.74, 6) is 0.958.